The number of hydrogen-bond donors (Lipinski definition) is 1. The van der Waals surface area contributed by atoms with Gasteiger partial charge in [0, 0.05) is 31.4 Å². The second-order valence-electron chi connectivity index (χ2n) is 5.25. The molecular formula is C16H19N3O. The molecule has 1 N–H and O–H groups in total. The summed E-state index contributed by atoms with van der Waals surface area (Å²) in [7, 11) is 0. The second kappa shape index (κ2) is 5.59. The summed E-state index contributed by atoms with van der Waals surface area (Å²) in [6, 6.07) is 3.93. The number of aromatic nitrogens is 2. The van der Waals surface area contributed by atoms with Crippen molar-refractivity contribution in [3.63, 3.8) is 0 Å². The van der Waals surface area contributed by atoms with Gasteiger partial charge in [0.05, 0.1) is 11.0 Å². The molecule has 104 valence electrons. The number of aromatic amines is 1. The van der Waals surface area contributed by atoms with Crippen LogP contribution < -0.4 is 5.56 Å². The summed E-state index contributed by atoms with van der Waals surface area (Å²) >= 11 is 0. The van der Waals surface area contributed by atoms with E-state index in [2.05, 4.69) is 27.0 Å². The zero-order chi connectivity index (χ0) is 13.9. The minimum Gasteiger partial charge on any atom is -0.320 e. The van der Waals surface area contributed by atoms with Crippen LogP contribution in [0.25, 0.3) is 11.0 Å². The van der Waals surface area contributed by atoms with Crippen LogP contribution in [0.1, 0.15) is 24.5 Å². The number of hydrogen-bond acceptors (Lipinski definition) is 3. The number of rotatable bonds is 3. The lowest BCUT2D eigenvalue weighted by Crippen LogP contribution is -2.26. The molecule has 0 fully saturated rings. The van der Waals surface area contributed by atoms with Gasteiger partial charge in [0.25, 0.3) is 5.56 Å². The lowest BCUT2D eigenvalue weighted by molar-refractivity contribution is 0.290. The van der Waals surface area contributed by atoms with Crippen LogP contribution in [0.4, 0.5) is 0 Å². The van der Waals surface area contributed by atoms with Gasteiger partial charge in [0.1, 0.15) is 0 Å². The van der Waals surface area contributed by atoms with E-state index in [0.717, 1.165) is 54.6 Å². The average molecular weight is 269 g/mol. The van der Waals surface area contributed by atoms with Gasteiger partial charge in [-0.2, -0.15) is 0 Å². The first-order valence-corrected chi connectivity index (χ1v) is 7.14. The molecule has 20 heavy (non-hydrogen) atoms. The van der Waals surface area contributed by atoms with Gasteiger partial charge in [0.15, 0.2) is 0 Å². The van der Waals surface area contributed by atoms with E-state index in [4.69, 9.17) is 0 Å². The molecule has 0 saturated carbocycles. The predicted octanol–water partition coefficient (Wildman–Crippen LogP) is 2.25. The Morgan fingerprint density at radius 3 is 3.00 bits per heavy atom. The van der Waals surface area contributed by atoms with Crippen LogP contribution in [-0.2, 0) is 13.0 Å². The zero-order valence-electron chi connectivity index (χ0n) is 11.7. The van der Waals surface area contributed by atoms with Crippen molar-refractivity contribution in [2.75, 3.05) is 13.1 Å². The fraction of sp³-hybridized carbons (Fsp3) is 0.375. The smallest absolute Gasteiger partial charge is 0.251 e. The van der Waals surface area contributed by atoms with E-state index in [0.29, 0.717) is 0 Å². The summed E-state index contributed by atoms with van der Waals surface area (Å²) in [5.41, 5.74) is 3.63. The van der Waals surface area contributed by atoms with E-state index >= 15 is 0 Å². The Kier molecular flexibility index (Phi) is 3.65. The van der Waals surface area contributed by atoms with Crippen molar-refractivity contribution in [1.29, 1.82) is 0 Å². The Balaban J connectivity index is 1.90. The van der Waals surface area contributed by atoms with Gasteiger partial charge in [-0.25, -0.2) is 0 Å². The molecular weight excluding hydrogens is 250 g/mol. The lowest BCUT2D eigenvalue weighted by Gasteiger charge is -2.22. The van der Waals surface area contributed by atoms with Crippen LogP contribution >= 0.6 is 0 Å². The van der Waals surface area contributed by atoms with E-state index in [1.54, 1.807) is 0 Å². The molecule has 0 spiro atoms. The number of fused-ring (bicyclic) bond motifs is 1. The monoisotopic (exact) mass is 269 g/mol. The van der Waals surface area contributed by atoms with Gasteiger partial charge >= 0.3 is 0 Å². The van der Waals surface area contributed by atoms with E-state index in [9.17, 15) is 4.79 Å². The summed E-state index contributed by atoms with van der Waals surface area (Å²) in [5, 5.41) is 0. The fourth-order valence-corrected chi connectivity index (χ4v) is 2.61. The first-order chi connectivity index (χ1) is 9.76. The standard InChI is InChI=1S/C16H19N3O/c1-2-13-9-14-15(18-16(13)20)8-12(10-17-14)11-19-6-4-3-5-7-19/h3-4,8-10H,2,5-7,11H2,1H3,(H,18,20). The molecule has 4 nitrogen and oxygen atoms in total. The average Bonchev–Trinajstić information content (AvgIpc) is 2.47. The maximum Gasteiger partial charge on any atom is 0.251 e. The van der Waals surface area contributed by atoms with Crippen LogP contribution in [0.3, 0.4) is 0 Å². The van der Waals surface area contributed by atoms with Gasteiger partial charge in [0.2, 0.25) is 0 Å². The number of nitrogens with one attached hydrogen (secondary N) is 1. The third-order valence-corrected chi connectivity index (χ3v) is 3.76. The van der Waals surface area contributed by atoms with Crippen LogP contribution in [-0.4, -0.2) is 28.0 Å². The first kappa shape index (κ1) is 13.1. The quantitative estimate of drug-likeness (QED) is 0.869. The van der Waals surface area contributed by atoms with Gasteiger partial charge in [-0.3, -0.25) is 14.7 Å². The second-order valence-corrected chi connectivity index (χ2v) is 5.25. The normalized spacial score (nSPS) is 15.8. The number of aryl methyl sites for hydroxylation is 1. The molecule has 3 rings (SSSR count). The molecule has 0 aromatic carbocycles. The molecule has 4 heteroatoms. The molecule has 2 aromatic rings. The maximum absolute atomic E-state index is 11.9. The Morgan fingerprint density at radius 1 is 1.35 bits per heavy atom. The molecule has 0 radical (unpaired) electrons. The SMILES string of the molecule is CCc1cc2ncc(CN3CC=CCC3)cc2[nH]c1=O. The Labute approximate surface area is 118 Å². The molecule has 0 atom stereocenters. The van der Waals surface area contributed by atoms with E-state index in [-0.39, 0.29) is 5.56 Å². The summed E-state index contributed by atoms with van der Waals surface area (Å²) in [6.45, 7) is 4.93. The highest BCUT2D eigenvalue weighted by atomic mass is 16.1. The topological polar surface area (TPSA) is 49.0 Å². The van der Waals surface area contributed by atoms with Crippen molar-refractivity contribution < 1.29 is 0 Å². The van der Waals surface area contributed by atoms with Crippen LogP contribution in [0, 0.1) is 0 Å². The summed E-state index contributed by atoms with van der Waals surface area (Å²) in [4.78, 5) is 21.7. The number of pyridine rings is 2. The van der Waals surface area contributed by atoms with Crippen LogP contribution in [0.2, 0.25) is 0 Å². The molecule has 0 bridgehead atoms. The highest BCUT2D eigenvalue weighted by Crippen LogP contribution is 2.13. The minimum atomic E-state index is -0.000133. The number of H-pyrrole nitrogens is 1. The van der Waals surface area contributed by atoms with Crippen molar-refractivity contribution in [1.82, 2.24) is 14.9 Å². The molecule has 0 unspecified atom stereocenters. The molecule has 1 aliphatic rings. The number of nitrogens with zero attached hydrogens (tertiary/aromatic N) is 2. The van der Waals surface area contributed by atoms with Crippen LogP contribution in [0.5, 0.6) is 0 Å². The van der Waals surface area contributed by atoms with Gasteiger partial charge < -0.3 is 4.98 Å². The molecule has 0 saturated heterocycles. The molecule has 3 heterocycles. The minimum absolute atomic E-state index is 0.000133. The molecule has 1 aliphatic heterocycles. The molecule has 0 aliphatic carbocycles. The third kappa shape index (κ3) is 2.65. The van der Waals surface area contributed by atoms with Gasteiger partial charge in [-0.15, -0.1) is 0 Å². The van der Waals surface area contributed by atoms with E-state index < -0.39 is 0 Å². The van der Waals surface area contributed by atoms with Crippen molar-refractivity contribution in [3.8, 4) is 0 Å². The van der Waals surface area contributed by atoms with E-state index in [1.807, 2.05) is 25.3 Å². The molecule has 2 aromatic heterocycles. The van der Waals surface area contributed by atoms with E-state index in [1.165, 1.54) is 0 Å². The predicted molar refractivity (Wildman–Crippen MR) is 80.8 cm³/mol. The highest BCUT2D eigenvalue weighted by Gasteiger charge is 2.08. The van der Waals surface area contributed by atoms with Crippen molar-refractivity contribution in [3.05, 3.63) is 52.0 Å². The zero-order valence-corrected chi connectivity index (χ0v) is 11.7. The summed E-state index contributed by atoms with van der Waals surface area (Å²) in [6.07, 6.45) is 8.18. The lowest BCUT2D eigenvalue weighted by atomic mass is 10.1. The van der Waals surface area contributed by atoms with Gasteiger partial charge in [-0.1, -0.05) is 19.1 Å². The molecule has 0 amide bonds. The fourth-order valence-electron chi connectivity index (χ4n) is 2.61. The largest absolute Gasteiger partial charge is 0.320 e. The summed E-state index contributed by atoms with van der Waals surface area (Å²) in [5.74, 6) is 0. The Bertz CT molecular complexity index is 702. The Hall–Kier alpha value is -1.94. The van der Waals surface area contributed by atoms with Crippen molar-refractivity contribution in [2.24, 2.45) is 0 Å². The summed E-state index contributed by atoms with van der Waals surface area (Å²) < 4.78 is 0. The highest BCUT2D eigenvalue weighted by molar-refractivity contribution is 5.74. The van der Waals surface area contributed by atoms with Crippen LogP contribution in [0.15, 0.2) is 35.3 Å². The third-order valence-electron chi connectivity index (χ3n) is 3.76. The van der Waals surface area contributed by atoms with Crippen molar-refractivity contribution in [2.45, 2.75) is 26.3 Å². The Morgan fingerprint density at radius 2 is 2.25 bits per heavy atom. The maximum atomic E-state index is 11.9. The van der Waals surface area contributed by atoms with Crippen molar-refractivity contribution >= 4 is 11.0 Å². The van der Waals surface area contributed by atoms with Gasteiger partial charge in [-0.05, 0) is 30.5 Å². The first-order valence-electron chi connectivity index (χ1n) is 7.14.